The van der Waals surface area contributed by atoms with Gasteiger partial charge in [-0.1, -0.05) is 18.2 Å². The van der Waals surface area contributed by atoms with Gasteiger partial charge in [-0.3, -0.25) is 9.69 Å². The Balaban J connectivity index is 1.92. The molecule has 0 aliphatic carbocycles. The second-order valence-corrected chi connectivity index (χ2v) is 5.73. The van der Waals surface area contributed by atoms with Gasteiger partial charge in [0.2, 0.25) is 5.91 Å². The van der Waals surface area contributed by atoms with Crippen molar-refractivity contribution in [3.8, 4) is 0 Å². The van der Waals surface area contributed by atoms with Gasteiger partial charge in [0.15, 0.2) is 0 Å². The van der Waals surface area contributed by atoms with Crippen LogP contribution in [0.5, 0.6) is 0 Å². The van der Waals surface area contributed by atoms with Gasteiger partial charge in [0.1, 0.15) is 0 Å². The van der Waals surface area contributed by atoms with Crippen LogP contribution in [0.2, 0.25) is 0 Å². The van der Waals surface area contributed by atoms with Crippen LogP contribution in [0, 0.1) is 0 Å². The molecular formula is C15H23N3O2. The van der Waals surface area contributed by atoms with E-state index in [1.54, 1.807) is 0 Å². The molecule has 1 amide bonds. The SMILES string of the molecule is CC1(C)CN(CC(=O)Nc2ccccc2CN)CCO1. The molecule has 0 unspecified atom stereocenters. The molecule has 0 aromatic heterocycles. The third-order valence-electron chi connectivity index (χ3n) is 3.38. The van der Waals surface area contributed by atoms with Crippen LogP contribution >= 0.6 is 0 Å². The van der Waals surface area contributed by atoms with Crippen molar-refractivity contribution in [3.05, 3.63) is 29.8 Å². The van der Waals surface area contributed by atoms with Crippen LogP contribution in [0.25, 0.3) is 0 Å². The molecule has 1 aromatic carbocycles. The Kier molecular flexibility index (Phi) is 4.75. The summed E-state index contributed by atoms with van der Waals surface area (Å²) in [6.07, 6.45) is 0. The fourth-order valence-electron chi connectivity index (χ4n) is 2.46. The van der Waals surface area contributed by atoms with E-state index in [9.17, 15) is 4.79 Å². The van der Waals surface area contributed by atoms with E-state index in [0.29, 0.717) is 19.7 Å². The van der Waals surface area contributed by atoms with Crippen LogP contribution < -0.4 is 11.1 Å². The van der Waals surface area contributed by atoms with Crippen molar-refractivity contribution in [1.29, 1.82) is 0 Å². The predicted octanol–water partition coefficient (Wildman–Crippen LogP) is 1.19. The van der Waals surface area contributed by atoms with Gasteiger partial charge in [-0.2, -0.15) is 0 Å². The third-order valence-corrected chi connectivity index (χ3v) is 3.38. The number of carbonyl (C=O) groups excluding carboxylic acids is 1. The number of morpholine rings is 1. The number of hydrogen-bond acceptors (Lipinski definition) is 4. The van der Waals surface area contributed by atoms with E-state index in [0.717, 1.165) is 24.3 Å². The van der Waals surface area contributed by atoms with E-state index < -0.39 is 0 Å². The summed E-state index contributed by atoms with van der Waals surface area (Å²) >= 11 is 0. The largest absolute Gasteiger partial charge is 0.373 e. The number of hydrogen-bond donors (Lipinski definition) is 2. The molecule has 0 spiro atoms. The Bertz CT molecular complexity index is 474. The number of carbonyl (C=O) groups is 1. The van der Waals surface area contributed by atoms with Gasteiger partial charge >= 0.3 is 0 Å². The summed E-state index contributed by atoms with van der Waals surface area (Å²) in [5.74, 6) is -0.0106. The van der Waals surface area contributed by atoms with Crippen LogP contribution in [0.15, 0.2) is 24.3 Å². The topological polar surface area (TPSA) is 67.6 Å². The minimum Gasteiger partial charge on any atom is -0.373 e. The summed E-state index contributed by atoms with van der Waals surface area (Å²) in [7, 11) is 0. The summed E-state index contributed by atoms with van der Waals surface area (Å²) in [5, 5.41) is 2.93. The first kappa shape index (κ1) is 15.0. The van der Waals surface area contributed by atoms with Crippen LogP contribution in [0.1, 0.15) is 19.4 Å². The molecule has 0 bridgehead atoms. The van der Waals surface area contributed by atoms with Crippen LogP contribution in [-0.4, -0.2) is 42.6 Å². The molecule has 2 rings (SSSR count). The molecule has 0 radical (unpaired) electrons. The van der Waals surface area contributed by atoms with E-state index >= 15 is 0 Å². The quantitative estimate of drug-likeness (QED) is 0.867. The number of benzene rings is 1. The summed E-state index contributed by atoms with van der Waals surface area (Å²) in [6.45, 7) is 7.10. The number of rotatable bonds is 4. The molecule has 110 valence electrons. The van der Waals surface area contributed by atoms with Gasteiger partial charge in [-0.15, -0.1) is 0 Å². The van der Waals surface area contributed by atoms with Crippen molar-refractivity contribution in [3.63, 3.8) is 0 Å². The molecule has 0 saturated carbocycles. The van der Waals surface area contributed by atoms with Crippen LogP contribution in [0.3, 0.4) is 0 Å². The Hall–Kier alpha value is -1.43. The van der Waals surface area contributed by atoms with Crippen molar-refractivity contribution in [1.82, 2.24) is 4.90 Å². The highest BCUT2D eigenvalue weighted by molar-refractivity contribution is 5.93. The number of nitrogens with zero attached hydrogens (tertiary/aromatic N) is 1. The molecule has 3 N–H and O–H groups in total. The summed E-state index contributed by atoms with van der Waals surface area (Å²) in [5.41, 5.74) is 7.23. The average Bonchev–Trinajstić information content (AvgIpc) is 2.38. The molecule has 5 heteroatoms. The van der Waals surface area contributed by atoms with E-state index in [-0.39, 0.29) is 11.5 Å². The van der Waals surface area contributed by atoms with E-state index in [1.165, 1.54) is 0 Å². The maximum Gasteiger partial charge on any atom is 0.238 e. The minimum absolute atomic E-state index is 0.0106. The van der Waals surface area contributed by atoms with Gasteiger partial charge in [0.05, 0.1) is 18.8 Å². The van der Waals surface area contributed by atoms with Gasteiger partial charge in [-0.05, 0) is 25.5 Å². The molecule has 1 aromatic rings. The Morgan fingerprint density at radius 2 is 2.20 bits per heavy atom. The zero-order chi connectivity index (χ0) is 14.6. The van der Waals surface area contributed by atoms with Gasteiger partial charge in [0.25, 0.3) is 0 Å². The van der Waals surface area contributed by atoms with Crippen molar-refractivity contribution in [2.75, 3.05) is 31.6 Å². The lowest BCUT2D eigenvalue weighted by atomic mass is 10.1. The average molecular weight is 277 g/mol. The van der Waals surface area contributed by atoms with Crippen molar-refractivity contribution >= 4 is 11.6 Å². The molecule has 1 aliphatic rings. The lowest BCUT2D eigenvalue weighted by Gasteiger charge is -2.37. The van der Waals surface area contributed by atoms with E-state index in [1.807, 2.05) is 38.1 Å². The van der Waals surface area contributed by atoms with Crippen molar-refractivity contribution in [2.45, 2.75) is 26.0 Å². The highest BCUT2D eigenvalue weighted by Gasteiger charge is 2.28. The number of nitrogens with one attached hydrogen (secondary N) is 1. The zero-order valence-corrected chi connectivity index (χ0v) is 12.2. The molecule has 1 saturated heterocycles. The fraction of sp³-hybridized carbons (Fsp3) is 0.533. The number of nitrogens with two attached hydrogens (primary N) is 1. The first-order chi connectivity index (χ1) is 9.50. The van der Waals surface area contributed by atoms with Crippen LogP contribution in [0.4, 0.5) is 5.69 Å². The standard InChI is InChI=1S/C15H23N3O2/c1-15(2)11-18(7-8-20-15)10-14(19)17-13-6-4-3-5-12(13)9-16/h3-6H,7-11,16H2,1-2H3,(H,17,19). The second kappa shape index (κ2) is 6.35. The molecule has 1 fully saturated rings. The molecule has 1 heterocycles. The normalized spacial score (nSPS) is 18.8. The number of amides is 1. The summed E-state index contributed by atoms with van der Waals surface area (Å²) in [6, 6.07) is 7.62. The number of anilines is 1. The first-order valence-corrected chi connectivity index (χ1v) is 6.94. The van der Waals surface area contributed by atoms with Crippen LogP contribution in [-0.2, 0) is 16.1 Å². The molecular weight excluding hydrogens is 254 g/mol. The third kappa shape index (κ3) is 4.03. The predicted molar refractivity (Wildman–Crippen MR) is 79.4 cm³/mol. The first-order valence-electron chi connectivity index (χ1n) is 6.94. The van der Waals surface area contributed by atoms with E-state index in [4.69, 9.17) is 10.5 Å². The van der Waals surface area contributed by atoms with Crippen molar-refractivity contribution in [2.24, 2.45) is 5.73 Å². The Morgan fingerprint density at radius 3 is 2.90 bits per heavy atom. The second-order valence-electron chi connectivity index (χ2n) is 5.73. The maximum atomic E-state index is 12.1. The van der Waals surface area contributed by atoms with Gasteiger partial charge < -0.3 is 15.8 Å². The van der Waals surface area contributed by atoms with Gasteiger partial charge in [-0.25, -0.2) is 0 Å². The molecule has 20 heavy (non-hydrogen) atoms. The highest BCUT2D eigenvalue weighted by Crippen LogP contribution is 2.17. The fourth-order valence-corrected chi connectivity index (χ4v) is 2.46. The van der Waals surface area contributed by atoms with Gasteiger partial charge in [0, 0.05) is 25.3 Å². The monoisotopic (exact) mass is 277 g/mol. The maximum absolute atomic E-state index is 12.1. The zero-order valence-electron chi connectivity index (χ0n) is 12.2. The Morgan fingerprint density at radius 1 is 1.45 bits per heavy atom. The summed E-state index contributed by atoms with van der Waals surface area (Å²) < 4.78 is 5.64. The van der Waals surface area contributed by atoms with Crippen molar-refractivity contribution < 1.29 is 9.53 Å². The smallest absolute Gasteiger partial charge is 0.238 e. The van der Waals surface area contributed by atoms with E-state index in [2.05, 4.69) is 10.2 Å². The molecule has 0 atom stereocenters. The number of para-hydroxylation sites is 1. The summed E-state index contributed by atoms with van der Waals surface area (Å²) in [4.78, 5) is 14.2. The lowest BCUT2D eigenvalue weighted by molar-refractivity contribution is -0.122. The minimum atomic E-state index is -0.187. The number of ether oxygens (including phenoxy) is 1. The Labute approximate surface area is 120 Å². The highest BCUT2D eigenvalue weighted by atomic mass is 16.5. The molecule has 1 aliphatic heterocycles. The molecule has 5 nitrogen and oxygen atoms in total. The lowest BCUT2D eigenvalue weighted by Crippen LogP contribution is -2.50.